The molecule has 0 bridgehead atoms. The SMILES string of the molecule is CC(=O)C1CCC2C3CC=C4CC(SC(=N)N)CCC4(C)C3CCC12C.Cc1ccc(S(=O)(=O)O)cc1. The zero-order valence-corrected chi connectivity index (χ0v) is 24.1. The van der Waals surface area contributed by atoms with E-state index in [0.29, 0.717) is 22.4 Å². The molecule has 4 aliphatic rings. The first kappa shape index (κ1) is 28.4. The van der Waals surface area contributed by atoms with Crippen LogP contribution in [0.15, 0.2) is 40.8 Å². The van der Waals surface area contributed by atoms with Crippen LogP contribution in [0.4, 0.5) is 0 Å². The number of carbonyl (C=O) groups excluding carboxylic acids is 1. The largest absolute Gasteiger partial charge is 0.379 e. The molecule has 4 aliphatic carbocycles. The van der Waals surface area contributed by atoms with Gasteiger partial charge in [0.25, 0.3) is 10.1 Å². The van der Waals surface area contributed by atoms with Crippen LogP contribution >= 0.6 is 11.8 Å². The number of rotatable bonds is 3. The number of thioether (sulfide) groups is 1. The molecule has 4 N–H and O–H groups in total. The molecule has 0 heterocycles. The monoisotopic (exact) mass is 546 g/mol. The highest BCUT2D eigenvalue weighted by molar-refractivity contribution is 8.14. The Balaban J connectivity index is 0.000000245. The lowest BCUT2D eigenvalue weighted by molar-refractivity contribution is -0.127. The van der Waals surface area contributed by atoms with E-state index in [4.69, 9.17) is 15.7 Å². The lowest BCUT2D eigenvalue weighted by Crippen LogP contribution is -2.50. The molecule has 7 atom stereocenters. The van der Waals surface area contributed by atoms with E-state index in [2.05, 4.69) is 19.9 Å². The van der Waals surface area contributed by atoms with Crippen molar-refractivity contribution in [2.75, 3.05) is 0 Å². The minimum Gasteiger partial charge on any atom is -0.379 e. The molecule has 8 heteroatoms. The van der Waals surface area contributed by atoms with Crippen LogP contribution < -0.4 is 5.73 Å². The minimum atomic E-state index is -4.02. The van der Waals surface area contributed by atoms with Gasteiger partial charge in [-0.05, 0) is 106 Å². The Labute approximate surface area is 226 Å². The highest BCUT2D eigenvalue weighted by Gasteiger charge is 2.59. The Bertz CT molecular complexity index is 1180. The summed E-state index contributed by atoms with van der Waals surface area (Å²) in [5.74, 6) is 3.01. The first-order valence-corrected chi connectivity index (χ1v) is 15.8. The van der Waals surface area contributed by atoms with Crippen LogP contribution in [0.3, 0.4) is 0 Å². The van der Waals surface area contributed by atoms with E-state index in [0.717, 1.165) is 36.2 Å². The molecule has 0 spiro atoms. The number of hydrogen-bond donors (Lipinski definition) is 3. The van der Waals surface area contributed by atoms with Crippen molar-refractivity contribution in [1.82, 2.24) is 0 Å². The summed E-state index contributed by atoms with van der Waals surface area (Å²) in [6, 6.07) is 5.99. The quantitative estimate of drug-likeness (QED) is 0.175. The van der Waals surface area contributed by atoms with E-state index < -0.39 is 10.1 Å². The maximum absolute atomic E-state index is 12.2. The van der Waals surface area contributed by atoms with Crippen LogP contribution in [-0.2, 0) is 14.9 Å². The molecule has 7 unspecified atom stereocenters. The minimum absolute atomic E-state index is 0.0666. The van der Waals surface area contributed by atoms with Gasteiger partial charge in [-0.15, -0.1) is 0 Å². The fourth-order valence-corrected chi connectivity index (χ4v) is 9.62. The molecular formula is C29H42N2O4S2. The van der Waals surface area contributed by atoms with Crippen molar-refractivity contribution < 1.29 is 17.8 Å². The normalized spacial score (nSPS) is 36.7. The third-order valence-electron chi connectivity index (χ3n) is 10.2. The highest BCUT2D eigenvalue weighted by Crippen LogP contribution is 2.66. The second-order valence-corrected chi connectivity index (χ2v) is 14.9. The Hall–Kier alpha value is -1.64. The summed E-state index contributed by atoms with van der Waals surface area (Å²) in [5, 5.41) is 8.37. The number of benzene rings is 1. The lowest BCUT2D eigenvalue weighted by Gasteiger charge is -2.58. The van der Waals surface area contributed by atoms with E-state index in [-0.39, 0.29) is 15.5 Å². The van der Waals surface area contributed by atoms with Crippen molar-refractivity contribution in [1.29, 1.82) is 5.41 Å². The zero-order chi connectivity index (χ0) is 27.2. The number of nitrogens with one attached hydrogen (secondary N) is 1. The molecule has 37 heavy (non-hydrogen) atoms. The molecule has 3 fully saturated rings. The van der Waals surface area contributed by atoms with Crippen LogP contribution in [0.5, 0.6) is 0 Å². The van der Waals surface area contributed by atoms with Gasteiger partial charge in [0.15, 0.2) is 5.17 Å². The predicted octanol–water partition coefficient (Wildman–Crippen LogP) is 6.39. The average Bonchev–Trinajstić information content (AvgIpc) is 3.17. The van der Waals surface area contributed by atoms with Crippen molar-refractivity contribution in [3.63, 3.8) is 0 Å². The number of carbonyl (C=O) groups is 1. The van der Waals surface area contributed by atoms with Crippen LogP contribution in [0, 0.1) is 46.8 Å². The van der Waals surface area contributed by atoms with E-state index in [1.165, 1.54) is 50.7 Å². The molecule has 0 aliphatic heterocycles. The number of amidine groups is 1. The average molecular weight is 547 g/mol. The van der Waals surface area contributed by atoms with Gasteiger partial charge in [-0.25, -0.2) is 0 Å². The molecule has 0 radical (unpaired) electrons. The van der Waals surface area contributed by atoms with E-state index >= 15 is 0 Å². The summed E-state index contributed by atoms with van der Waals surface area (Å²) >= 11 is 1.56. The molecule has 1 aromatic carbocycles. The summed E-state index contributed by atoms with van der Waals surface area (Å²) in [6.45, 7) is 8.60. The highest BCUT2D eigenvalue weighted by atomic mass is 32.2. The maximum Gasteiger partial charge on any atom is 0.294 e. The lowest BCUT2D eigenvalue weighted by atomic mass is 9.47. The van der Waals surface area contributed by atoms with Gasteiger partial charge in [0.05, 0.1) is 4.90 Å². The summed E-state index contributed by atoms with van der Waals surface area (Å²) < 4.78 is 29.6. The van der Waals surface area contributed by atoms with Crippen molar-refractivity contribution >= 4 is 32.8 Å². The number of allylic oxidation sites excluding steroid dienone is 2. The first-order valence-electron chi connectivity index (χ1n) is 13.5. The van der Waals surface area contributed by atoms with Crippen molar-refractivity contribution in [3.05, 3.63) is 41.5 Å². The van der Waals surface area contributed by atoms with Crippen LogP contribution in [0.1, 0.15) is 77.7 Å². The van der Waals surface area contributed by atoms with Gasteiger partial charge in [0.1, 0.15) is 5.78 Å². The number of ketones is 1. The van der Waals surface area contributed by atoms with Gasteiger partial charge < -0.3 is 5.73 Å². The van der Waals surface area contributed by atoms with Crippen LogP contribution in [-0.4, -0.2) is 29.2 Å². The van der Waals surface area contributed by atoms with E-state index in [1.54, 1.807) is 29.5 Å². The molecule has 6 nitrogen and oxygen atoms in total. The van der Waals surface area contributed by atoms with Gasteiger partial charge in [-0.1, -0.05) is 55.0 Å². The topological polar surface area (TPSA) is 121 Å². The molecule has 0 saturated heterocycles. The number of fused-ring (bicyclic) bond motifs is 5. The van der Waals surface area contributed by atoms with Gasteiger partial charge in [-0.3, -0.25) is 14.8 Å². The smallest absolute Gasteiger partial charge is 0.294 e. The maximum atomic E-state index is 12.2. The molecule has 0 amide bonds. The van der Waals surface area contributed by atoms with Gasteiger partial charge in [0.2, 0.25) is 0 Å². The molecule has 3 saturated carbocycles. The number of nitrogens with two attached hydrogens (primary N) is 1. The molecular weight excluding hydrogens is 504 g/mol. The Morgan fingerprint density at radius 1 is 1.08 bits per heavy atom. The first-order chi connectivity index (χ1) is 17.3. The van der Waals surface area contributed by atoms with Gasteiger partial charge in [0, 0.05) is 11.2 Å². The fourth-order valence-electron chi connectivity index (χ4n) is 8.29. The van der Waals surface area contributed by atoms with Crippen molar-refractivity contribution in [3.8, 4) is 0 Å². The number of aryl methyl sites for hydroxylation is 1. The number of Topliss-reactive ketones (excluding diaryl/α,β-unsaturated/α-hetero) is 1. The Morgan fingerprint density at radius 2 is 1.76 bits per heavy atom. The second-order valence-electron chi connectivity index (χ2n) is 12.2. The summed E-state index contributed by atoms with van der Waals surface area (Å²) in [6.07, 6.45) is 12.2. The zero-order valence-electron chi connectivity index (χ0n) is 22.5. The Morgan fingerprint density at radius 3 is 2.35 bits per heavy atom. The van der Waals surface area contributed by atoms with E-state index in [9.17, 15) is 13.2 Å². The van der Waals surface area contributed by atoms with Crippen LogP contribution in [0.25, 0.3) is 0 Å². The van der Waals surface area contributed by atoms with Crippen molar-refractivity contribution in [2.24, 2.45) is 40.2 Å². The van der Waals surface area contributed by atoms with E-state index in [1.807, 2.05) is 13.8 Å². The molecule has 5 rings (SSSR count). The van der Waals surface area contributed by atoms with Gasteiger partial charge >= 0.3 is 0 Å². The standard InChI is InChI=1S/C22H34N2OS.C7H8O3S/c1-13(25)17-6-7-18-16-5-4-14-12-15(26-20(23)24)8-10-21(14,2)19(16)9-11-22(17,18)3;1-6-2-4-7(5-3-6)11(8,9)10/h4,15-19H,5-12H2,1-3H3,(H3,23,24);2-5H,1H3,(H,8,9,10). The summed E-state index contributed by atoms with van der Waals surface area (Å²) in [5.41, 5.74) is 8.83. The van der Waals surface area contributed by atoms with Crippen molar-refractivity contribution in [2.45, 2.75) is 89.2 Å². The molecule has 0 aromatic heterocycles. The van der Waals surface area contributed by atoms with Crippen LogP contribution in [0.2, 0.25) is 0 Å². The second kappa shape index (κ2) is 10.5. The summed E-state index contributed by atoms with van der Waals surface area (Å²) in [4.78, 5) is 12.2. The third kappa shape index (κ3) is 5.57. The number of hydrogen-bond acceptors (Lipinski definition) is 5. The fraction of sp³-hybridized carbons (Fsp3) is 0.655. The Kier molecular flexibility index (Phi) is 8.05. The molecule has 204 valence electrons. The summed E-state index contributed by atoms with van der Waals surface area (Å²) in [7, 11) is -4.02. The van der Waals surface area contributed by atoms with Gasteiger partial charge in [-0.2, -0.15) is 8.42 Å². The third-order valence-corrected chi connectivity index (χ3v) is 12.0. The predicted molar refractivity (Wildman–Crippen MR) is 150 cm³/mol. The molecule has 1 aromatic rings.